The number of pyridine rings is 1. The Hall–Kier alpha value is -2.80. The number of ether oxygens (including phenoxy) is 2. The molecule has 27 heavy (non-hydrogen) atoms. The van der Waals surface area contributed by atoms with Crippen LogP contribution in [0.15, 0.2) is 36.5 Å². The summed E-state index contributed by atoms with van der Waals surface area (Å²) in [4.78, 5) is 6.84. The Balaban J connectivity index is 1.92. The van der Waals surface area contributed by atoms with Gasteiger partial charge in [0.25, 0.3) is 0 Å². The molecule has 0 bridgehead atoms. The normalized spacial score (nSPS) is 11.4. The van der Waals surface area contributed by atoms with Gasteiger partial charge in [-0.1, -0.05) is 0 Å². The quantitative estimate of drug-likeness (QED) is 0.658. The number of anilines is 1. The van der Waals surface area contributed by atoms with E-state index in [4.69, 9.17) is 14.5 Å². The van der Waals surface area contributed by atoms with Gasteiger partial charge >= 0.3 is 0 Å². The number of hydrogen-bond acceptors (Lipinski definition) is 6. The highest BCUT2D eigenvalue weighted by Crippen LogP contribution is 2.29. The predicted octanol–water partition coefficient (Wildman–Crippen LogP) is 3.19. The van der Waals surface area contributed by atoms with Crippen LogP contribution in [0.5, 0.6) is 11.5 Å². The molecule has 0 aliphatic heterocycles. The van der Waals surface area contributed by atoms with Crippen molar-refractivity contribution in [3.8, 4) is 17.3 Å². The number of likely N-dealkylation sites (N-methyl/N-ethyl adjacent to an activating group) is 1. The molecule has 0 amide bonds. The molecule has 0 saturated heterocycles. The number of fused-ring (bicyclic) bond motifs is 1. The van der Waals surface area contributed by atoms with Crippen LogP contribution < -0.4 is 14.8 Å². The van der Waals surface area contributed by atoms with E-state index in [1.807, 2.05) is 50.6 Å². The van der Waals surface area contributed by atoms with Crippen LogP contribution in [0, 0.1) is 0 Å². The van der Waals surface area contributed by atoms with Gasteiger partial charge in [0.15, 0.2) is 5.82 Å². The minimum Gasteiger partial charge on any atom is -0.496 e. The average Bonchev–Trinajstić information content (AvgIpc) is 3.08. The molecular formula is C20H27N5O2. The Morgan fingerprint density at radius 1 is 1.19 bits per heavy atom. The maximum atomic E-state index is 5.84. The third-order valence-electron chi connectivity index (χ3n) is 4.02. The lowest BCUT2D eigenvalue weighted by Gasteiger charge is -2.13. The molecule has 7 heteroatoms. The maximum Gasteiger partial charge on any atom is 0.157 e. The number of aromatic nitrogens is 3. The zero-order chi connectivity index (χ0) is 19.4. The topological polar surface area (TPSA) is 64.4 Å². The standard InChI is InChI=1S/C20H27N5O2/c1-14(2)21-19-8-9-25(23-19)20-13-18(26-5)16-7-6-15(12-17(16)22-20)27-11-10-24(3)4/h6-9,12-14H,10-11H2,1-5H3,(H,21,23). The van der Waals surface area contributed by atoms with Crippen LogP contribution in [0.3, 0.4) is 0 Å². The van der Waals surface area contributed by atoms with E-state index in [0.29, 0.717) is 18.5 Å². The second-order valence-electron chi connectivity index (χ2n) is 6.96. The van der Waals surface area contributed by atoms with Crippen LogP contribution in [0.1, 0.15) is 13.8 Å². The predicted molar refractivity (Wildman–Crippen MR) is 108 cm³/mol. The van der Waals surface area contributed by atoms with E-state index >= 15 is 0 Å². The molecule has 144 valence electrons. The monoisotopic (exact) mass is 369 g/mol. The number of methoxy groups -OCH3 is 1. The molecule has 7 nitrogen and oxygen atoms in total. The number of nitrogens with zero attached hydrogens (tertiary/aromatic N) is 4. The molecule has 2 aromatic heterocycles. The van der Waals surface area contributed by atoms with Gasteiger partial charge in [-0.15, -0.1) is 5.10 Å². The Bertz CT molecular complexity index is 905. The fraction of sp³-hybridized carbons (Fsp3) is 0.400. The van der Waals surface area contributed by atoms with Gasteiger partial charge in [0.2, 0.25) is 0 Å². The molecule has 3 rings (SSSR count). The van der Waals surface area contributed by atoms with Gasteiger partial charge in [-0.25, -0.2) is 9.67 Å². The Kier molecular flexibility index (Phi) is 5.81. The second kappa shape index (κ2) is 8.26. The van der Waals surface area contributed by atoms with Crippen molar-refractivity contribution in [2.45, 2.75) is 19.9 Å². The molecule has 0 unspecified atom stereocenters. The summed E-state index contributed by atoms with van der Waals surface area (Å²) in [5.74, 6) is 3.05. The van der Waals surface area contributed by atoms with Gasteiger partial charge in [-0.3, -0.25) is 0 Å². The molecule has 0 saturated carbocycles. The number of nitrogens with one attached hydrogen (secondary N) is 1. The maximum absolute atomic E-state index is 5.84. The molecule has 0 atom stereocenters. The summed E-state index contributed by atoms with van der Waals surface area (Å²) < 4.78 is 13.1. The van der Waals surface area contributed by atoms with Crippen LogP contribution in [0.4, 0.5) is 5.82 Å². The average molecular weight is 369 g/mol. The van der Waals surface area contributed by atoms with Gasteiger partial charge in [0, 0.05) is 42.4 Å². The van der Waals surface area contributed by atoms with Crippen LogP contribution in [0.2, 0.25) is 0 Å². The molecule has 3 aromatic rings. The van der Waals surface area contributed by atoms with Gasteiger partial charge in [0.1, 0.15) is 23.9 Å². The Labute approximate surface area is 159 Å². The van der Waals surface area contributed by atoms with Crippen molar-refractivity contribution < 1.29 is 9.47 Å². The van der Waals surface area contributed by atoms with Crippen LogP contribution in [-0.4, -0.2) is 60.1 Å². The van der Waals surface area contributed by atoms with Crippen molar-refractivity contribution in [1.82, 2.24) is 19.7 Å². The van der Waals surface area contributed by atoms with Gasteiger partial charge in [-0.05, 0) is 40.1 Å². The van der Waals surface area contributed by atoms with E-state index in [9.17, 15) is 0 Å². The third-order valence-corrected chi connectivity index (χ3v) is 4.02. The van der Waals surface area contributed by atoms with E-state index in [1.165, 1.54) is 0 Å². The number of rotatable bonds is 8. The molecule has 0 aliphatic carbocycles. The summed E-state index contributed by atoms with van der Waals surface area (Å²) in [6, 6.07) is 9.99. The van der Waals surface area contributed by atoms with Crippen molar-refractivity contribution in [2.24, 2.45) is 0 Å². The summed E-state index contributed by atoms with van der Waals surface area (Å²) in [5, 5.41) is 8.77. The minimum absolute atomic E-state index is 0.314. The summed E-state index contributed by atoms with van der Waals surface area (Å²) in [7, 11) is 5.71. The van der Waals surface area contributed by atoms with Crippen molar-refractivity contribution in [2.75, 3.05) is 39.7 Å². The lowest BCUT2D eigenvalue weighted by molar-refractivity contribution is 0.261. The Morgan fingerprint density at radius 3 is 2.70 bits per heavy atom. The smallest absolute Gasteiger partial charge is 0.157 e. The van der Waals surface area contributed by atoms with Crippen molar-refractivity contribution >= 4 is 16.7 Å². The highest BCUT2D eigenvalue weighted by Gasteiger charge is 2.11. The fourth-order valence-electron chi connectivity index (χ4n) is 2.71. The van der Waals surface area contributed by atoms with Gasteiger partial charge in [0.05, 0.1) is 12.6 Å². The summed E-state index contributed by atoms with van der Waals surface area (Å²) >= 11 is 0. The molecule has 0 aliphatic rings. The summed E-state index contributed by atoms with van der Waals surface area (Å²) in [6.45, 7) is 5.63. The Morgan fingerprint density at radius 2 is 2.00 bits per heavy atom. The van der Waals surface area contributed by atoms with Gasteiger partial charge in [-0.2, -0.15) is 0 Å². The molecule has 0 fully saturated rings. The zero-order valence-corrected chi connectivity index (χ0v) is 16.6. The lowest BCUT2D eigenvalue weighted by Crippen LogP contribution is -2.19. The van der Waals surface area contributed by atoms with Crippen molar-refractivity contribution in [3.05, 3.63) is 36.5 Å². The van der Waals surface area contributed by atoms with Crippen molar-refractivity contribution in [1.29, 1.82) is 0 Å². The first-order valence-electron chi connectivity index (χ1n) is 9.05. The molecule has 1 aromatic carbocycles. The van der Waals surface area contributed by atoms with E-state index in [0.717, 1.165) is 34.8 Å². The van der Waals surface area contributed by atoms with E-state index < -0.39 is 0 Å². The number of hydrogen-bond donors (Lipinski definition) is 1. The number of benzene rings is 1. The fourth-order valence-corrected chi connectivity index (χ4v) is 2.71. The molecular weight excluding hydrogens is 342 g/mol. The molecule has 2 heterocycles. The zero-order valence-electron chi connectivity index (χ0n) is 16.6. The van der Waals surface area contributed by atoms with E-state index in [2.05, 4.69) is 29.2 Å². The second-order valence-corrected chi connectivity index (χ2v) is 6.96. The first-order chi connectivity index (χ1) is 13.0. The van der Waals surface area contributed by atoms with Crippen LogP contribution >= 0.6 is 0 Å². The third kappa shape index (κ3) is 4.68. The van der Waals surface area contributed by atoms with E-state index in [1.54, 1.807) is 11.8 Å². The SMILES string of the molecule is COc1cc(-n2ccc(NC(C)C)n2)nc2cc(OCCN(C)C)ccc12. The highest BCUT2D eigenvalue weighted by molar-refractivity contribution is 5.87. The van der Waals surface area contributed by atoms with E-state index in [-0.39, 0.29) is 0 Å². The lowest BCUT2D eigenvalue weighted by atomic mass is 10.2. The first-order valence-corrected chi connectivity index (χ1v) is 9.05. The van der Waals surface area contributed by atoms with Crippen LogP contribution in [-0.2, 0) is 0 Å². The first kappa shape index (κ1) is 19.0. The largest absolute Gasteiger partial charge is 0.496 e. The van der Waals surface area contributed by atoms with Crippen molar-refractivity contribution in [3.63, 3.8) is 0 Å². The molecule has 1 N–H and O–H groups in total. The highest BCUT2D eigenvalue weighted by atomic mass is 16.5. The molecule has 0 spiro atoms. The van der Waals surface area contributed by atoms with Gasteiger partial charge < -0.3 is 19.7 Å². The molecule has 0 radical (unpaired) electrons. The van der Waals surface area contributed by atoms with Crippen LogP contribution in [0.25, 0.3) is 16.7 Å². The minimum atomic E-state index is 0.314. The summed E-state index contributed by atoms with van der Waals surface area (Å²) in [5.41, 5.74) is 0.806. The summed E-state index contributed by atoms with van der Waals surface area (Å²) in [6.07, 6.45) is 1.88.